The zero-order chi connectivity index (χ0) is 21.4. The highest BCUT2D eigenvalue weighted by Gasteiger charge is 2.20. The third-order valence-corrected chi connectivity index (χ3v) is 5.00. The van der Waals surface area contributed by atoms with E-state index in [1.165, 1.54) is 4.90 Å². The van der Waals surface area contributed by atoms with Gasteiger partial charge in [-0.15, -0.1) is 0 Å². The number of amides is 1. The van der Waals surface area contributed by atoms with Gasteiger partial charge in [0.15, 0.2) is 5.75 Å². The van der Waals surface area contributed by atoms with Crippen LogP contribution in [0.15, 0.2) is 79.3 Å². The number of aromatic nitrogens is 4. The second-order valence-corrected chi connectivity index (χ2v) is 7.27. The molecule has 0 spiro atoms. The Bertz CT molecular complexity index is 1400. The Morgan fingerprint density at radius 1 is 0.935 bits per heavy atom. The first kappa shape index (κ1) is 18.7. The lowest BCUT2D eigenvalue weighted by Crippen LogP contribution is -2.25. The Hall–Kier alpha value is -4.26. The normalized spacial score (nSPS) is 11.0. The first-order valence-electron chi connectivity index (χ1n) is 9.79. The van der Waals surface area contributed by atoms with Gasteiger partial charge in [0.25, 0.3) is 0 Å². The minimum absolute atomic E-state index is 0.410. The van der Waals surface area contributed by atoms with Gasteiger partial charge in [-0.2, -0.15) is 5.10 Å². The number of ether oxygens (including phenoxy) is 1. The van der Waals surface area contributed by atoms with E-state index in [1.807, 2.05) is 48.5 Å². The van der Waals surface area contributed by atoms with E-state index in [-0.39, 0.29) is 0 Å². The standard InChI is InChI=1S/C24H19N5O2/c1-28(2)24(30)31-16-10-11-21-22(18-12-14-26-19-8-4-3-7-17(18)19)23(27-29(21)15-16)20-9-5-6-13-25-20/h3-15H,1-2H3. The molecule has 0 saturated carbocycles. The van der Waals surface area contributed by atoms with E-state index >= 15 is 0 Å². The molecule has 0 unspecified atom stereocenters. The molecule has 5 aromatic rings. The van der Waals surface area contributed by atoms with Crippen molar-refractivity contribution in [3.8, 4) is 28.3 Å². The molecule has 0 aliphatic heterocycles. The Kier molecular flexibility index (Phi) is 4.55. The second-order valence-electron chi connectivity index (χ2n) is 7.27. The third-order valence-electron chi connectivity index (χ3n) is 5.00. The number of nitrogens with zero attached hydrogens (tertiary/aromatic N) is 5. The maximum absolute atomic E-state index is 12.0. The first-order chi connectivity index (χ1) is 15.1. The highest BCUT2D eigenvalue weighted by atomic mass is 16.6. The molecule has 0 fully saturated rings. The summed E-state index contributed by atoms with van der Waals surface area (Å²) in [6, 6.07) is 19.4. The van der Waals surface area contributed by atoms with Gasteiger partial charge >= 0.3 is 6.09 Å². The van der Waals surface area contributed by atoms with Crippen molar-refractivity contribution in [2.24, 2.45) is 0 Å². The number of para-hydroxylation sites is 1. The van der Waals surface area contributed by atoms with E-state index in [2.05, 4.69) is 16.0 Å². The van der Waals surface area contributed by atoms with Crippen molar-refractivity contribution in [3.63, 3.8) is 0 Å². The predicted octanol–water partition coefficient (Wildman–Crippen LogP) is 4.67. The van der Waals surface area contributed by atoms with Crippen LogP contribution in [0.2, 0.25) is 0 Å². The van der Waals surface area contributed by atoms with Crippen LogP contribution in [0, 0.1) is 0 Å². The van der Waals surface area contributed by atoms with Crippen molar-refractivity contribution in [1.82, 2.24) is 24.5 Å². The van der Waals surface area contributed by atoms with Crippen LogP contribution in [0.3, 0.4) is 0 Å². The number of rotatable bonds is 3. The second kappa shape index (κ2) is 7.53. The molecular weight excluding hydrogens is 390 g/mol. The van der Waals surface area contributed by atoms with Crippen molar-refractivity contribution < 1.29 is 9.53 Å². The van der Waals surface area contributed by atoms with Crippen molar-refractivity contribution in [3.05, 3.63) is 79.3 Å². The number of pyridine rings is 3. The average Bonchev–Trinajstić information content (AvgIpc) is 3.17. The van der Waals surface area contributed by atoms with E-state index in [4.69, 9.17) is 9.84 Å². The van der Waals surface area contributed by atoms with Crippen LogP contribution in [0.25, 0.3) is 38.9 Å². The summed E-state index contributed by atoms with van der Waals surface area (Å²) in [7, 11) is 3.28. The van der Waals surface area contributed by atoms with Crippen molar-refractivity contribution >= 4 is 22.5 Å². The van der Waals surface area contributed by atoms with Crippen LogP contribution in [0.4, 0.5) is 4.79 Å². The molecule has 4 heterocycles. The lowest BCUT2D eigenvalue weighted by molar-refractivity contribution is 0.171. The fraction of sp³-hybridized carbons (Fsp3) is 0.0833. The van der Waals surface area contributed by atoms with E-state index in [0.717, 1.165) is 38.9 Å². The molecule has 152 valence electrons. The molecule has 1 aromatic carbocycles. The van der Waals surface area contributed by atoms with Gasteiger partial charge in [-0.05, 0) is 42.0 Å². The number of hydrogen-bond donors (Lipinski definition) is 0. The molecule has 7 nitrogen and oxygen atoms in total. The lowest BCUT2D eigenvalue weighted by atomic mass is 9.98. The van der Waals surface area contributed by atoms with Gasteiger partial charge in [-0.25, -0.2) is 9.31 Å². The highest BCUT2D eigenvalue weighted by Crippen LogP contribution is 2.38. The van der Waals surface area contributed by atoms with Crippen LogP contribution in [-0.2, 0) is 0 Å². The molecule has 7 heteroatoms. The number of carbonyl (C=O) groups excluding carboxylic acids is 1. The first-order valence-corrected chi connectivity index (χ1v) is 9.79. The number of carbonyl (C=O) groups is 1. The minimum Gasteiger partial charge on any atom is -0.409 e. The number of fused-ring (bicyclic) bond motifs is 2. The van der Waals surface area contributed by atoms with Crippen molar-refractivity contribution in [2.75, 3.05) is 14.1 Å². The molecule has 5 rings (SSSR count). The van der Waals surface area contributed by atoms with Crippen molar-refractivity contribution in [2.45, 2.75) is 0 Å². The predicted molar refractivity (Wildman–Crippen MR) is 119 cm³/mol. The molecule has 31 heavy (non-hydrogen) atoms. The topological polar surface area (TPSA) is 72.6 Å². The monoisotopic (exact) mass is 409 g/mol. The summed E-state index contributed by atoms with van der Waals surface area (Å²) in [5.74, 6) is 0.410. The maximum Gasteiger partial charge on any atom is 0.414 e. The summed E-state index contributed by atoms with van der Waals surface area (Å²) in [5, 5.41) is 5.84. The van der Waals surface area contributed by atoms with Gasteiger partial charge in [0, 0.05) is 37.4 Å². The largest absolute Gasteiger partial charge is 0.414 e. The summed E-state index contributed by atoms with van der Waals surface area (Å²) >= 11 is 0. The molecule has 0 radical (unpaired) electrons. The Labute approximate surface area is 178 Å². The zero-order valence-electron chi connectivity index (χ0n) is 17.1. The Balaban J connectivity index is 1.76. The van der Waals surface area contributed by atoms with Crippen LogP contribution in [0.1, 0.15) is 0 Å². The van der Waals surface area contributed by atoms with Crippen molar-refractivity contribution in [1.29, 1.82) is 0 Å². The highest BCUT2D eigenvalue weighted by molar-refractivity contribution is 6.03. The van der Waals surface area contributed by atoms with Gasteiger partial charge in [-0.3, -0.25) is 9.97 Å². The molecule has 4 aromatic heterocycles. The summed E-state index contributed by atoms with van der Waals surface area (Å²) < 4.78 is 7.14. The van der Waals surface area contributed by atoms with E-state index < -0.39 is 6.09 Å². The average molecular weight is 409 g/mol. The summed E-state index contributed by atoms with van der Waals surface area (Å²) in [5.41, 5.74) is 5.24. The molecule has 0 N–H and O–H groups in total. The SMILES string of the molecule is CN(C)C(=O)Oc1ccc2c(-c3ccnc4ccccc34)c(-c3ccccn3)nn2c1. The van der Waals surface area contributed by atoms with Gasteiger partial charge in [0.05, 0.1) is 22.9 Å². The maximum atomic E-state index is 12.0. The molecule has 0 saturated heterocycles. The fourth-order valence-electron chi connectivity index (χ4n) is 3.54. The van der Waals surface area contributed by atoms with Crippen LogP contribution in [-0.4, -0.2) is 44.7 Å². The van der Waals surface area contributed by atoms with E-state index in [1.54, 1.807) is 43.3 Å². The Morgan fingerprint density at radius 2 is 1.77 bits per heavy atom. The fourth-order valence-corrected chi connectivity index (χ4v) is 3.54. The molecule has 0 atom stereocenters. The summed E-state index contributed by atoms with van der Waals surface area (Å²) in [6.07, 6.45) is 4.81. The summed E-state index contributed by atoms with van der Waals surface area (Å²) in [6.45, 7) is 0. The van der Waals surface area contributed by atoms with E-state index in [9.17, 15) is 4.79 Å². The molecule has 0 aliphatic carbocycles. The Morgan fingerprint density at radius 3 is 2.58 bits per heavy atom. The number of benzene rings is 1. The molecular formula is C24H19N5O2. The van der Waals surface area contributed by atoms with Crippen LogP contribution in [0.5, 0.6) is 5.75 Å². The molecule has 1 amide bonds. The van der Waals surface area contributed by atoms with Gasteiger partial charge in [0.2, 0.25) is 0 Å². The zero-order valence-corrected chi connectivity index (χ0v) is 17.1. The van der Waals surface area contributed by atoms with Gasteiger partial charge in [-0.1, -0.05) is 24.3 Å². The quantitative estimate of drug-likeness (QED) is 0.433. The molecule has 0 aliphatic rings. The van der Waals surface area contributed by atoms with E-state index in [0.29, 0.717) is 5.75 Å². The number of hydrogen-bond acceptors (Lipinski definition) is 5. The van der Waals surface area contributed by atoms with Crippen LogP contribution < -0.4 is 4.74 Å². The smallest absolute Gasteiger partial charge is 0.409 e. The third kappa shape index (κ3) is 3.36. The lowest BCUT2D eigenvalue weighted by Gasteiger charge is -2.11. The van der Waals surface area contributed by atoms with Crippen LogP contribution >= 0.6 is 0 Å². The van der Waals surface area contributed by atoms with Gasteiger partial charge in [0.1, 0.15) is 5.69 Å². The summed E-state index contributed by atoms with van der Waals surface area (Å²) in [4.78, 5) is 22.4. The van der Waals surface area contributed by atoms with Gasteiger partial charge < -0.3 is 9.64 Å². The minimum atomic E-state index is -0.447. The molecule has 0 bridgehead atoms.